The number of hydrogen-bond donors (Lipinski definition) is 2. The van der Waals surface area contributed by atoms with Crippen LogP contribution in [0.5, 0.6) is 0 Å². The number of amides is 1. The topological polar surface area (TPSA) is 77.8 Å². The number of nitriles is 1. The third kappa shape index (κ3) is 4.00. The molecule has 26 heavy (non-hydrogen) atoms. The van der Waals surface area contributed by atoms with Crippen molar-refractivity contribution in [1.82, 2.24) is 4.98 Å². The Morgan fingerprint density at radius 2 is 1.92 bits per heavy atom. The zero-order chi connectivity index (χ0) is 18.5. The van der Waals surface area contributed by atoms with Crippen molar-refractivity contribution in [2.45, 2.75) is 6.92 Å². The van der Waals surface area contributed by atoms with Gasteiger partial charge in [-0.3, -0.25) is 9.78 Å². The number of rotatable bonds is 4. The highest BCUT2D eigenvalue weighted by Crippen LogP contribution is 2.22. The average molecular weight is 363 g/mol. The summed E-state index contributed by atoms with van der Waals surface area (Å²) < 4.78 is 0. The molecule has 1 amide bonds. The number of nitrogens with one attached hydrogen (secondary N) is 2. The molecule has 3 rings (SSSR count). The van der Waals surface area contributed by atoms with Gasteiger partial charge < -0.3 is 10.6 Å². The molecule has 0 bridgehead atoms. The smallest absolute Gasteiger partial charge is 0.257 e. The van der Waals surface area contributed by atoms with Crippen molar-refractivity contribution in [3.8, 4) is 6.07 Å². The Morgan fingerprint density at radius 1 is 1.12 bits per heavy atom. The third-order valence-electron chi connectivity index (χ3n) is 3.76. The lowest BCUT2D eigenvalue weighted by Crippen LogP contribution is -2.12. The van der Waals surface area contributed by atoms with Crippen LogP contribution < -0.4 is 10.6 Å². The van der Waals surface area contributed by atoms with Crippen LogP contribution in [0.3, 0.4) is 0 Å². The molecule has 0 aliphatic heterocycles. The first-order chi connectivity index (χ1) is 12.6. The van der Waals surface area contributed by atoms with Crippen LogP contribution in [0.2, 0.25) is 5.02 Å². The summed E-state index contributed by atoms with van der Waals surface area (Å²) >= 11 is 6.09. The molecule has 6 heteroatoms. The van der Waals surface area contributed by atoms with E-state index in [9.17, 15) is 4.79 Å². The van der Waals surface area contributed by atoms with E-state index in [0.29, 0.717) is 33.2 Å². The number of benzene rings is 2. The number of nitrogens with zero attached hydrogens (tertiary/aromatic N) is 2. The maximum atomic E-state index is 12.5. The van der Waals surface area contributed by atoms with E-state index in [4.69, 9.17) is 16.9 Å². The number of aryl methyl sites for hydroxylation is 1. The molecule has 0 unspecified atom stereocenters. The fraction of sp³-hybridized carbons (Fsp3) is 0.0500. The molecule has 3 aromatic rings. The molecule has 128 valence electrons. The van der Waals surface area contributed by atoms with Gasteiger partial charge in [0, 0.05) is 16.9 Å². The average Bonchev–Trinajstić information content (AvgIpc) is 2.65. The molecule has 1 aromatic heterocycles. The van der Waals surface area contributed by atoms with Gasteiger partial charge >= 0.3 is 0 Å². The van der Waals surface area contributed by atoms with Gasteiger partial charge in [-0.1, -0.05) is 29.8 Å². The minimum atomic E-state index is -0.297. The predicted octanol–water partition coefficient (Wildman–Crippen LogP) is 4.91. The van der Waals surface area contributed by atoms with Crippen LogP contribution in [0.15, 0.2) is 60.9 Å². The highest BCUT2D eigenvalue weighted by molar-refractivity contribution is 6.31. The number of halogens is 1. The second kappa shape index (κ2) is 7.68. The van der Waals surface area contributed by atoms with Crippen molar-refractivity contribution in [2.75, 3.05) is 10.6 Å². The number of carbonyl (C=O) groups is 1. The monoisotopic (exact) mass is 362 g/mol. The zero-order valence-corrected chi connectivity index (χ0v) is 14.7. The van der Waals surface area contributed by atoms with Crippen molar-refractivity contribution >= 4 is 34.6 Å². The number of hydrogen-bond acceptors (Lipinski definition) is 4. The Kier molecular flexibility index (Phi) is 5.16. The lowest BCUT2D eigenvalue weighted by atomic mass is 10.2. The number of anilines is 3. The number of aromatic nitrogens is 1. The van der Waals surface area contributed by atoms with E-state index in [2.05, 4.69) is 21.7 Å². The molecule has 0 fully saturated rings. The number of para-hydroxylation sites is 1. The van der Waals surface area contributed by atoms with Crippen LogP contribution in [0.4, 0.5) is 17.1 Å². The summed E-state index contributed by atoms with van der Waals surface area (Å²) in [6.07, 6.45) is 3.07. The summed E-state index contributed by atoms with van der Waals surface area (Å²) in [5, 5.41) is 15.7. The molecular formula is C20H15ClN4O. The Morgan fingerprint density at radius 3 is 2.69 bits per heavy atom. The highest BCUT2D eigenvalue weighted by Gasteiger charge is 2.09. The highest BCUT2D eigenvalue weighted by atomic mass is 35.5. The largest absolute Gasteiger partial charge is 0.353 e. The molecule has 2 N–H and O–H groups in total. The molecule has 0 saturated carbocycles. The molecule has 0 atom stereocenters. The molecule has 0 aliphatic rings. The molecule has 0 saturated heterocycles. The van der Waals surface area contributed by atoms with Gasteiger partial charge in [0.25, 0.3) is 5.91 Å². The van der Waals surface area contributed by atoms with Crippen molar-refractivity contribution in [3.63, 3.8) is 0 Å². The van der Waals surface area contributed by atoms with E-state index in [1.165, 1.54) is 6.20 Å². The van der Waals surface area contributed by atoms with Crippen molar-refractivity contribution in [3.05, 3.63) is 82.6 Å². The van der Waals surface area contributed by atoms with Crippen molar-refractivity contribution in [1.29, 1.82) is 5.26 Å². The predicted molar refractivity (Wildman–Crippen MR) is 103 cm³/mol. The molecule has 2 aromatic carbocycles. The van der Waals surface area contributed by atoms with Gasteiger partial charge in [0.05, 0.1) is 28.7 Å². The molecule has 0 aliphatic carbocycles. The van der Waals surface area contributed by atoms with Crippen molar-refractivity contribution < 1.29 is 4.79 Å². The van der Waals surface area contributed by atoms with Crippen molar-refractivity contribution in [2.24, 2.45) is 0 Å². The first-order valence-corrected chi connectivity index (χ1v) is 8.23. The minimum absolute atomic E-state index is 0.297. The van der Waals surface area contributed by atoms with E-state index in [0.717, 1.165) is 5.56 Å². The first-order valence-electron chi connectivity index (χ1n) is 7.85. The van der Waals surface area contributed by atoms with Crippen LogP contribution in [0.1, 0.15) is 21.5 Å². The van der Waals surface area contributed by atoms with Crippen LogP contribution >= 0.6 is 11.6 Å². The minimum Gasteiger partial charge on any atom is -0.353 e. The Hall–Kier alpha value is -3.36. The van der Waals surface area contributed by atoms with E-state index in [1.807, 2.05) is 19.1 Å². The third-order valence-corrected chi connectivity index (χ3v) is 4.16. The molecule has 0 spiro atoms. The van der Waals surface area contributed by atoms with E-state index >= 15 is 0 Å². The van der Waals surface area contributed by atoms with Gasteiger partial charge in [-0.05, 0) is 42.8 Å². The van der Waals surface area contributed by atoms with Gasteiger partial charge in [0.1, 0.15) is 6.07 Å². The van der Waals surface area contributed by atoms with E-state index in [1.54, 1.807) is 42.6 Å². The Bertz CT molecular complexity index is 1010. The first kappa shape index (κ1) is 17.5. The van der Waals surface area contributed by atoms with Crippen LogP contribution in [0, 0.1) is 18.3 Å². The van der Waals surface area contributed by atoms with Gasteiger partial charge in [0.15, 0.2) is 0 Å². The maximum absolute atomic E-state index is 12.5. The summed E-state index contributed by atoms with van der Waals surface area (Å²) in [7, 11) is 0. The quantitative estimate of drug-likeness (QED) is 0.691. The summed E-state index contributed by atoms with van der Waals surface area (Å²) in [5.41, 5.74) is 3.72. The van der Waals surface area contributed by atoms with Gasteiger partial charge in [0.2, 0.25) is 0 Å². The fourth-order valence-corrected chi connectivity index (χ4v) is 2.53. The molecular weight excluding hydrogens is 348 g/mol. The summed E-state index contributed by atoms with van der Waals surface area (Å²) in [6.45, 7) is 1.89. The zero-order valence-electron chi connectivity index (χ0n) is 14.0. The molecule has 1 heterocycles. The summed E-state index contributed by atoms with van der Waals surface area (Å²) in [4.78, 5) is 16.6. The van der Waals surface area contributed by atoms with Crippen LogP contribution in [-0.2, 0) is 0 Å². The van der Waals surface area contributed by atoms with Gasteiger partial charge in [-0.15, -0.1) is 0 Å². The Labute approximate surface area is 156 Å². The second-order valence-electron chi connectivity index (χ2n) is 5.66. The van der Waals surface area contributed by atoms with E-state index < -0.39 is 0 Å². The van der Waals surface area contributed by atoms with Gasteiger partial charge in [-0.25, -0.2) is 0 Å². The molecule has 5 nitrogen and oxygen atoms in total. The standard InChI is InChI=1S/C20H15ClN4O/c1-13-6-7-16(9-18(13)21)25-20(26)15-8-17(12-23-11-15)24-19-5-3-2-4-14(19)10-22/h2-9,11-12,24H,1H3,(H,25,26). The lowest BCUT2D eigenvalue weighted by molar-refractivity contribution is 0.102. The number of carbonyl (C=O) groups excluding carboxylic acids is 1. The van der Waals surface area contributed by atoms with Crippen LogP contribution in [-0.4, -0.2) is 10.9 Å². The SMILES string of the molecule is Cc1ccc(NC(=O)c2cncc(Nc3ccccc3C#N)c2)cc1Cl. The summed E-state index contributed by atoms with van der Waals surface area (Å²) in [6, 6.07) is 16.3. The van der Waals surface area contributed by atoms with Gasteiger partial charge in [-0.2, -0.15) is 5.26 Å². The second-order valence-corrected chi connectivity index (χ2v) is 6.07. The van der Waals surface area contributed by atoms with E-state index in [-0.39, 0.29) is 5.91 Å². The number of pyridine rings is 1. The summed E-state index contributed by atoms with van der Waals surface area (Å²) in [5.74, 6) is -0.297. The van der Waals surface area contributed by atoms with Crippen LogP contribution in [0.25, 0.3) is 0 Å². The molecule has 0 radical (unpaired) electrons. The Balaban J connectivity index is 1.79. The lowest BCUT2D eigenvalue weighted by Gasteiger charge is -2.10. The fourth-order valence-electron chi connectivity index (χ4n) is 2.35. The normalized spacial score (nSPS) is 10.0. The maximum Gasteiger partial charge on any atom is 0.257 e.